The lowest BCUT2D eigenvalue weighted by molar-refractivity contribution is -0.137. The summed E-state index contributed by atoms with van der Waals surface area (Å²) in [4.78, 5) is 24.7. The first-order valence-corrected chi connectivity index (χ1v) is 9.85. The van der Waals surface area contributed by atoms with Gasteiger partial charge in [-0.05, 0) is 33.0 Å². The van der Waals surface area contributed by atoms with E-state index in [4.69, 9.17) is 9.84 Å². The molecule has 0 heterocycles. The second kappa shape index (κ2) is 14.1. The van der Waals surface area contributed by atoms with E-state index in [1.54, 1.807) is 18.2 Å². The molecule has 6 nitrogen and oxygen atoms in total. The average molecular weight is 397 g/mol. The van der Waals surface area contributed by atoms with Gasteiger partial charge in [-0.3, -0.25) is 9.59 Å². The number of carboxylic acid groups (broad SMARTS) is 1. The van der Waals surface area contributed by atoms with Crippen molar-refractivity contribution in [3.05, 3.63) is 35.6 Å². The third-order valence-corrected chi connectivity index (χ3v) is 4.28. The highest BCUT2D eigenvalue weighted by molar-refractivity contribution is 5.77. The van der Waals surface area contributed by atoms with E-state index in [-0.39, 0.29) is 30.8 Å². The van der Waals surface area contributed by atoms with Crippen molar-refractivity contribution in [2.75, 3.05) is 27.2 Å². The van der Waals surface area contributed by atoms with Crippen molar-refractivity contribution in [1.82, 2.24) is 10.2 Å². The van der Waals surface area contributed by atoms with Crippen molar-refractivity contribution < 1.29 is 23.8 Å². The molecule has 158 valence electrons. The summed E-state index contributed by atoms with van der Waals surface area (Å²) in [6, 6.07) is 6.24. The van der Waals surface area contributed by atoms with Crippen LogP contribution in [0.15, 0.2) is 24.3 Å². The predicted octanol–water partition coefficient (Wildman–Crippen LogP) is 3.20. The number of nitrogens with one attached hydrogen (secondary N) is 1. The van der Waals surface area contributed by atoms with E-state index in [0.717, 1.165) is 32.1 Å². The van der Waals surface area contributed by atoms with Gasteiger partial charge in [0.05, 0.1) is 19.1 Å². The van der Waals surface area contributed by atoms with Gasteiger partial charge in [0.25, 0.3) is 0 Å². The monoisotopic (exact) mass is 396 g/mol. The zero-order valence-corrected chi connectivity index (χ0v) is 17.0. The molecule has 7 heteroatoms. The van der Waals surface area contributed by atoms with E-state index in [2.05, 4.69) is 5.32 Å². The predicted molar refractivity (Wildman–Crippen MR) is 106 cm³/mol. The lowest BCUT2D eigenvalue weighted by atomic mass is 10.1. The van der Waals surface area contributed by atoms with Crippen LogP contribution >= 0.6 is 0 Å². The number of halogens is 1. The second-order valence-corrected chi connectivity index (χ2v) is 7.29. The maximum Gasteiger partial charge on any atom is 0.305 e. The summed E-state index contributed by atoms with van der Waals surface area (Å²) in [6.45, 7) is 1.39. The van der Waals surface area contributed by atoms with Crippen LogP contribution in [0.1, 0.15) is 50.5 Å². The van der Waals surface area contributed by atoms with Gasteiger partial charge in [-0.1, -0.05) is 37.5 Å². The highest BCUT2D eigenvalue weighted by atomic mass is 19.1. The van der Waals surface area contributed by atoms with Crippen molar-refractivity contribution in [3.63, 3.8) is 0 Å². The minimum Gasteiger partial charge on any atom is -0.481 e. The van der Waals surface area contributed by atoms with Gasteiger partial charge in [-0.15, -0.1) is 0 Å². The van der Waals surface area contributed by atoms with Gasteiger partial charge in [-0.25, -0.2) is 4.39 Å². The van der Waals surface area contributed by atoms with Crippen LogP contribution in [-0.4, -0.2) is 55.2 Å². The quantitative estimate of drug-likeness (QED) is 0.445. The molecule has 2 N–H and O–H groups in total. The number of unbranched alkanes of at least 4 members (excludes halogenated alkanes) is 4. The molecule has 0 aliphatic heterocycles. The number of amides is 1. The Morgan fingerprint density at radius 3 is 2.50 bits per heavy atom. The summed E-state index contributed by atoms with van der Waals surface area (Å²) in [5.41, 5.74) is 0.573. The molecule has 0 fully saturated rings. The van der Waals surface area contributed by atoms with Gasteiger partial charge >= 0.3 is 5.97 Å². The molecule has 1 amide bonds. The molecule has 0 radical (unpaired) electrons. The highest BCUT2D eigenvalue weighted by Crippen LogP contribution is 2.09. The fourth-order valence-corrected chi connectivity index (χ4v) is 2.93. The number of carbonyl (C=O) groups is 2. The number of hydrogen-bond donors (Lipinski definition) is 2. The molecule has 28 heavy (non-hydrogen) atoms. The number of ether oxygens (including phenoxy) is 1. The summed E-state index contributed by atoms with van der Waals surface area (Å²) in [7, 11) is 3.70. The molecule has 0 spiro atoms. The number of hydrogen-bond acceptors (Lipinski definition) is 4. The zero-order valence-electron chi connectivity index (χ0n) is 17.0. The fourth-order valence-electron chi connectivity index (χ4n) is 2.93. The molecule has 1 aromatic carbocycles. The number of carbonyl (C=O) groups excluding carboxylic acids is 1. The largest absolute Gasteiger partial charge is 0.481 e. The van der Waals surface area contributed by atoms with E-state index in [1.807, 2.05) is 19.0 Å². The minimum atomic E-state index is -0.913. The Labute approximate surface area is 167 Å². The first kappa shape index (κ1) is 24.0. The summed E-state index contributed by atoms with van der Waals surface area (Å²) in [6.07, 6.45) is 4.98. The van der Waals surface area contributed by atoms with Crippen molar-refractivity contribution in [3.8, 4) is 0 Å². The standard InChI is InChI=1S/C21H33FN2O4/c1-24(2)15-18(14-21(26)27)23-20(25)12-6-4-3-5-9-13-28-16-17-10-7-8-11-19(17)22/h7-8,10-11,18H,3-6,9,12-16H2,1-2H3,(H,23,25)(H,26,27)/t18-/m1/s1. The Bertz CT molecular complexity index is 596. The smallest absolute Gasteiger partial charge is 0.305 e. The molecule has 0 aliphatic rings. The fraction of sp³-hybridized carbons (Fsp3) is 0.619. The van der Waals surface area contributed by atoms with Crippen LogP contribution in [0.2, 0.25) is 0 Å². The molecule has 0 aromatic heterocycles. The maximum atomic E-state index is 13.4. The topological polar surface area (TPSA) is 78.9 Å². The lowest BCUT2D eigenvalue weighted by Crippen LogP contribution is -2.42. The molecule has 0 aliphatic carbocycles. The van der Waals surface area contributed by atoms with Crippen molar-refractivity contribution in [2.24, 2.45) is 0 Å². The summed E-state index contributed by atoms with van der Waals surface area (Å²) < 4.78 is 18.9. The third kappa shape index (κ3) is 11.7. The number of carboxylic acids is 1. The van der Waals surface area contributed by atoms with Gasteiger partial charge in [0, 0.05) is 25.1 Å². The van der Waals surface area contributed by atoms with Crippen LogP contribution in [0.4, 0.5) is 4.39 Å². The molecule has 1 rings (SSSR count). The van der Waals surface area contributed by atoms with Gasteiger partial charge in [0.1, 0.15) is 5.82 Å². The number of benzene rings is 1. The Kier molecular flexibility index (Phi) is 12.1. The van der Waals surface area contributed by atoms with Crippen LogP contribution in [0.5, 0.6) is 0 Å². The number of nitrogens with zero attached hydrogens (tertiary/aromatic N) is 1. The SMILES string of the molecule is CN(C)C[C@@H](CC(=O)O)NC(=O)CCCCCCCOCc1ccccc1F. The van der Waals surface area contributed by atoms with Crippen LogP contribution in [0, 0.1) is 5.82 Å². The molecule has 0 bridgehead atoms. The maximum absolute atomic E-state index is 13.4. The molecule has 0 saturated heterocycles. The summed E-state index contributed by atoms with van der Waals surface area (Å²) in [5, 5.41) is 11.7. The van der Waals surface area contributed by atoms with Gasteiger partial charge in [0.2, 0.25) is 5.91 Å². The van der Waals surface area contributed by atoms with Crippen LogP contribution in [0.25, 0.3) is 0 Å². The molecule has 0 saturated carbocycles. The Balaban J connectivity index is 2.04. The Morgan fingerprint density at radius 1 is 1.14 bits per heavy atom. The zero-order chi connectivity index (χ0) is 20.8. The minimum absolute atomic E-state index is 0.0726. The first-order valence-electron chi connectivity index (χ1n) is 9.85. The molecular weight excluding hydrogens is 363 g/mol. The van der Waals surface area contributed by atoms with Gasteiger partial charge in [-0.2, -0.15) is 0 Å². The van der Waals surface area contributed by atoms with E-state index in [1.165, 1.54) is 6.07 Å². The van der Waals surface area contributed by atoms with Crippen molar-refractivity contribution in [1.29, 1.82) is 0 Å². The summed E-state index contributed by atoms with van der Waals surface area (Å²) >= 11 is 0. The van der Waals surface area contributed by atoms with Crippen LogP contribution in [0.3, 0.4) is 0 Å². The molecular formula is C21H33FN2O4. The second-order valence-electron chi connectivity index (χ2n) is 7.29. The van der Waals surface area contributed by atoms with E-state index >= 15 is 0 Å². The Hall–Kier alpha value is -1.99. The van der Waals surface area contributed by atoms with Crippen LogP contribution in [-0.2, 0) is 20.9 Å². The number of aliphatic carboxylic acids is 1. The molecule has 1 aromatic rings. The van der Waals surface area contributed by atoms with Gasteiger partial charge in [0.15, 0.2) is 0 Å². The van der Waals surface area contributed by atoms with E-state index in [9.17, 15) is 14.0 Å². The molecule has 1 atom stereocenters. The lowest BCUT2D eigenvalue weighted by Gasteiger charge is -2.20. The molecule has 0 unspecified atom stereocenters. The first-order chi connectivity index (χ1) is 13.4. The van der Waals surface area contributed by atoms with Gasteiger partial charge < -0.3 is 20.1 Å². The summed E-state index contributed by atoms with van der Waals surface area (Å²) in [5.74, 6) is -1.25. The Morgan fingerprint density at radius 2 is 1.82 bits per heavy atom. The van der Waals surface area contributed by atoms with Crippen molar-refractivity contribution in [2.45, 2.75) is 57.6 Å². The van der Waals surface area contributed by atoms with E-state index in [0.29, 0.717) is 25.1 Å². The average Bonchev–Trinajstić information content (AvgIpc) is 2.60. The number of likely N-dealkylation sites (N-methyl/N-ethyl adjacent to an activating group) is 1. The normalized spacial score (nSPS) is 12.1. The van der Waals surface area contributed by atoms with Crippen LogP contribution < -0.4 is 5.32 Å². The van der Waals surface area contributed by atoms with E-state index < -0.39 is 5.97 Å². The van der Waals surface area contributed by atoms with Crippen molar-refractivity contribution >= 4 is 11.9 Å². The number of rotatable bonds is 15. The third-order valence-electron chi connectivity index (χ3n) is 4.28. The highest BCUT2D eigenvalue weighted by Gasteiger charge is 2.16.